The highest BCUT2D eigenvalue weighted by Crippen LogP contribution is 2.53. The van der Waals surface area contributed by atoms with E-state index in [-0.39, 0.29) is 5.91 Å². The number of rotatable bonds is 20. The maximum Gasteiger partial charge on any atom is 0.304 e. The first kappa shape index (κ1) is 31.4. The largest absolute Gasteiger partial charge is 0.399 e. The van der Waals surface area contributed by atoms with Crippen molar-refractivity contribution in [1.82, 2.24) is 5.32 Å². The lowest BCUT2D eigenvalue weighted by molar-refractivity contribution is -0.301. The Morgan fingerprint density at radius 2 is 1.68 bits per heavy atom. The number of ether oxygens (including phenoxy) is 1. The third-order valence-electron chi connectivity index (χ3n) is 6.13. The van der Waals surface area contributed by atoms with E-state index < -0.39 is 36.6 Å². The molecule has 0 saturated carbocycles. The Morgan fingerprint density at radius 3 is 2.16 bits per heavy atom. The van der Waals surface area contributed by atoms with Gasteiger partial charge in [-0.05, 0) is 64.4 Å². The van der Waals surface area contributed by atoms with E-state index in [9.17, 15) is 4.79 Å². The smallest absolute Gasteiger partial charge is 0.304 e. The Balaban J connectivity index is 6.64. The van der Waals surface area contributed by atoms with E-state index in [1.165, 1.54) is 0 Å². The van der Waals surface area contributed by atoms with Gasteiger partial charge in [-0.1, -0.05) is 13.5 Å². The van der Waals surface area contributed by atoms with Crippen LogP contribution in [0.25, 0.3) is 0 Å². The van der Waals surface area contributed by atoms with Crippen molar-refractivity contribution < 1.29 is 22.8 Å². The van der Waals surface area contributed by atoms with Crippen LogP contribution in [0.3, 0.4) is 0 Å². The zero-order valence-electron chi connectivity index (χ0n) is 20.6. The first-order valence-electron chi connectivity index (χ1n) is 11.7. The molecular weight excluding hydrogens is 467 g/mol. The Kier molecular flexibility index (Phi) is 17.2. The van der Waals surface area contributed by atoms with E-state index in [0.717, 1.165) is 43.6 Å². The second-order valence-corrected chi connectivity index (χ2v) is 10.7. The molecule has 0 aliphatic rings. The molecule has 3 atom stereocenters. The van der Waals surface area contributed by atoms with Gasteiger partial charge in [0.05, 0.1) is 11.0 Å². The molecule has 0 radical (unpaired) electrons. The van der Waals surface area contributed by atoms with Crippen molar-refractivity contribution in [1.29, 1.82) is 0 Å². The second-order valence-electron chi connectivity index (χ2n) is 7.96. The molecule has 0 spiro atoms. The monoisotopic (exact) mass is 513 g/mol. The number of unbranched alkanes of at least 4 members (excludes halogenated alkanes) is 1. The van der Waals surface area contributed by atoms with Crippen LogP contribution in [0, 0.1) is 5.41 Å². The topological polar surface area (TPSA) is 66.0 Å². The minimum absolute atomic E-state index is 0.0640. The van der Waals surface area contributed by atoms with Gasteiger partial charge >= 0.3 is 10.0 Å². The molecule has 0 bridgehead atoms. The van der Waals surface area contributed by atoms with Crippen molar-refractivity contribution in [3.63, 3.8) is 0 Å². The van der Waals surface area contributed by atoms with Gasteiger partial charge in [0.15, 0.2) is 15.6 Å². The Hall–Kier alpha value is 0.444. The van der Waals surface area contributed by atoms with Crippen LogP contribution in [0.4, 0.5) is 0 Å². The fourth-order valence-corrected chi connectivity index (χ4v) is 6.81. The molecule has 1 amide bonds. The number of nitrogens with one attached hydrogen (secondary N) is 1. The normalized spacial score (nSPS) is 18.3. The van der Waals surface area contributed by atoms with Gasteiger partial charge in [-0.15, -0.1) is 0 Å². The Morgan fingerprint density at radius 1 is 1.00 bits per heavy atom. The van der Waals surface area contributed by atoms with E-state index >= 15 is 0 Å². The summed E-state index contributed by atoms with van der Waals surface area (Å²) in [4.78, 5) is 12.0. The minimum atomic E-state index is -1.20. The Bertz CT molecular complexity index is 475. The molecular formula is C21H47NO5S2Si2. The van der Waals surface area contributed by atoms with Crippen molar-refractivity contribution in [3.05, 3.63) is 0 Å². The molecule has 186 valence electrons. The van der Waals surface area contributed by atoms with E-state index in [4.69, 9.17) is 18.0 Å². The van der Waals surface area contributed by atoms with Gasteiger partial charge < -0.3 is 23.3 Å². The second kappa shape index (κ2) is 17.0. The summed E-state index contributed by atoms with van der Waals surface area (Å²) in [5, 5.41) is 3.10. The third-order valence-corrected chi connectivity index (χ3v) is 8.85. The highest BCUT2D eigenvalue weighted by molar-refractivity contribution is 7.80. The van der Waals surface area contributed by atoms with E-state index in [0.29, 0.717) is 26.2 Å². The molecule has 1 N–H and O–H groups in total. The fraction of sp³-hybridized carbons (Fsp3) is 0.952. The zero-order valence-corrected chi connectivity index (χ0v) is 25.2. The molecule has 0 aliphatic heterocycles. The lowest BCUT2D eigenvalue weighted by Crippen LogP contribution is -2.68. The Labute approximate surface area is 206 Å². The van der Waals surface area contributed by atoms with Gasteiger partial charge in [0.25, 0.3) is 0 Å². The zero-order chi connectivity index (χ0) is 23.8. The molecule has 6 nitrogen and oxygen atoms in total. The molecule has 0 fully saturated rings. The molecule has 0 aromatic carbocycles. The predicted molar refractivity (Wildman–Crippen MR) is 142 cm³/mol. The number of carbonyl (C=O) groups excluding carboxylic acids is 1. The number of hydrogen-bond acceptors (Lipinski definition) is 7. The van der Waals surface area contributed by atoms with Crippen molar-refractivity contribution in [2.75, 3.05) is 31.3 Å². The van der Waals surface area contributed by atoms with Crippen molar-refractivity contribution in [2.24, 2.45) is 5.41 Å². The summed E-state index contributed by atoms with van der Waals surface area (Å²) < 4.78 is 25.6. The van der Waals surface area contributed by atoms with Crippen LogP contribution >= 0.6 is 25.3 Å². The van der Waals surface area contributed by atoms with Crippen LogP contribution in [-0.4, -0.2) is 68.3 Å². The van der Waals surface area contributed by atoms with Crippen LogP contribution in [0.5, 0.6) is 0 Å². The van der Waals surface area contributed by atoms with Crippen LogP contribution in [0.1, 0.15) is 73.1 Å². The third kappa shape index (κ3) is 8.96. The molecule has 0 heterocycles. The van der Waals surface area contributed by atoms with Gasteiger partial charge in [0.2, 0.25) is 5.91 Å². The van der Waals surface area contributed by atoms with E-state index in [1.54, 1.807) is 6.92 Å². The summed E-state index contributed by atoms with van der Waals surface area (Å²) in [7, 11) is -2.02. The summed E-state index contributed by atoms with van der Waals surface area (Å²) in [6.07, 6.45) is 5.10. The van der Waals surface area contributed by atoms with Crippen molar-refractivity contribution in [2.45, 2.75) is 91.1 Å². The maximum atomic E-state index is 12.0. The molecule has 0 aromatic heterocycles. The number of thiol groups is 2. The van der Waals surface area contributed by atoms with Gasteiger partial charge in [0, 0.05) is 33.1 Å². The lowest BCUT2D eigenvalue weighted by Gasteiger charge is -2.58. The highest BCUT2D eigenvalue weighted by atomic mass is 32.1. The summed E-state index contributed by atoms with van der Waals surface area (Å²) in [5.74, 6) is 0.664. The van der Waals surface area contributed by atoms with Crippen LogP contribution < -0.4 is 5.32 Å². The minimum Gasteiger partial charge on any atom is -0.399 e. The molecule has 0 saturated heterocycles. The molecule has 31 heavy (non-hydrogen) atoms. The van der Waals surface area contributed by atoms with Gasteiger partial charge in [0.1, 0.15) is 0 Å². The van der Waals surface area contributed by atoms with Crippen LogP contribution in [0.15, 0.2) is 0 Å². The first-order valence-corrected chi connectivity index (χ1v) is 16.1. The maximum absolute atomic E-state index is 12.0. The number of carbonyl (C=O) groups is 1. The molecule has 0 rings (SSSR count). The molecule has 10 heteroatoms. The van der Waals surface area contributed by atoms with Crippen LogP contribution in [-0.2, 0) is 22.8 Å². The summed E-state index contributed by atoms with van der Waals surface area (Å²) in [5.41, 5.74) is -1.15. The van der Waals surface area contributed by atoms with Gasteiger partial charge in [-0.3, -0.25) is 4.79 Å². The predicted octanol–water partition coefficient (Wildman–Crippen LogP) is 3.02. The quantitative estimate of drug-likeness (QED) is 0.101. The summed E-state index contributed by atoms with van der Waals surface area (Å²) in [6, 6.07) is 0. The summed E-state index contributed by atoms with van der Waals surface area (Å²) >= 11 is 8.87. The van der Waals surface area contributed by atoms with Crippen LogP contribution in [0.2, 0.25) is 6.55 Å². The molecule has 0 aromatic rings. The first-order chi connectivity index (χ1) is 14.8. The van der Waals surface area contributed by atoms with Gasteiger partial charge in [-0.25, -0.2) is 0 Å². The number of hydrogen-bond donors (Lipinski definition) is 3. The van der Waals surface area contributed by atoms with Crippen molar-refractivity contribution in [3.8, 4) is 0 Å². The average Bonchev–Trinajstić information content (AvgIpc) is 2.73. The average molecular weight is 514 g/mol. The fourth-order valence-electron chi connectivity index (χ4n) is 4.53. The van der Waals surface area contributed by atoms with Crippen molar-refractivity contribution >= 4 is 50.9 Å². The highest BCUT2D eigenvalue weighted by Gasteiger charge is 2.61. The SMILES string of the molecule is CCO[SiH2]OC(C)(CCCCS)C(CC)(CNC(C)=O)C(CCCS)(OCC)O[SiH2]C. The molecule has 0 aliphatic carbocycles. The summed E-state index contributed by atoms with van der Waals surface area (Å²) in [6.45, 7) is 13.6. The van der Waals surface area contributed by atoms with Gasteiger partial charge in [-0.2, -0.15) is 25.3 Å². The van der Waals surface area contributed by atoms with E-state index in [1.807, 2.05) is 13.8 Å². The standard InChI is InChI=1S/C21H47NO5S2Si2/c1-7-20(17-22-18(4)23,21(24-8-2,27-30-6)14-12-16-29)19(5,13-10-11-15-28)26-31-25-9-3/h28-29H,7-17,30-31H2,1-6H3,(H,22,23). The van der Waals surface area contributed by atoms with E-state index in [2.05, 4.69) is 51.0 Å². The lowest BCUT2D eigenvalue weighted by atomic mass is 9.61. The molecule has 3 unspecified atom stereocenters. The number of amides is 1.